The summed E-state index contributed by atoms with van der Waals surface area (Å²) < 4.78 is 16.2. The van der Waals surface area contributed by atoms with Crippen LogP contribution in [0.1, 0.15) is 61.8 Å². The van der Waals surface area contributed by atoms with E-state index in [0.29, 0.717) is 5.56 Å². The van der Waals surface area contributed by atoms with Crippen LogP contribution < -0.4 is 10.2 Å². The van der Waals surface area contributed by atoms with Crippen LogP contribution >= 0.6 is 0 Å². The third-order valence-corrected chi connectivity index (χ3v) is 8.44. The smallest absolute Gasteiger partial charge is 0.336 e. The van der Waals surface area contributed by atoms with E-state index in [1.807, 2.05) is 0 Å². The minimum absolute atomic E-state index is 0.0254. The van der Waals surface area contributed by atoms with Gasteiger partial charge in [-0.1, -0.05) is 6.07 Å². The molecule has 3 N–H and O–H groups in total. The fourth-order valence-electron chi connectivity index (χ4n) is 6.48. The van der Waals surface area contributed by atoms with Crippen molar-refractivity contribution in [1.29, 1.82) is 0 Å². The third kappa shape index (κ3) is 2.86. The van der Waals surface area contributed by atoms with Gasteiger partial charge in [0.05, 0.1) is 19.3 Å². The number of amides is 1. The lowest BCUT2D eigenvalue weighted by Gasteiger charge is -2.42. The second-order valence-corrected chi connectivity index (χ2v) is 10.9. The molecule has 4 aromatic rings. The lowest BCUT2D eigenvalue weighted by molar-refractivity contribution is -0.151. The Hall–Kier alpha value is -5.23. The zero-order chi connectivity index (χ0) is 30.0. The van der Waals surface area contributed by atoms with E-state index in [9.17, 15) is 39.3 Å². The summed E-state index contributed by atoms with van der Waals surface area (Å²) in [6, 6.07) is 7.05. The monoisotopic (exact) mass is 571 g/mol. The van der Waals surface area contributed by atoms with Crippen LogP contribution in [0.3, 0.4) is 0 Å². The quantitative estimate of drug-likeness (QED) is 0.264. The van der Waals surface area contributed by atoms with Crippen molar-refractivity contribution in [3.05, 3.63) is 74.1 Å². The molecule has 1 amide bonds. The molecule has 1 aliphatic carbocycles. The SMILES string of the molecule is COc1ccc2oc3c(c(=O)c2c1O)C(=O)c1c(ccc2cc4c(c(O)c12)C(=O)N1[C@@](C)(C4)OC(=O)[C@]1(C)CO)C3=O. The number of rotatable bonds is 2. The van der Waals surface area contributed by atoms with Gasteiger partial charge in [-0.25, -0.2) is 4.79 Å². The number of nitrogens with zero attached hydrogens (tertiary/aromatic N) is 1. The first-order valence-corrected chi connectivity index (χ1v) is 12.8. The maximum atomic E-state index is 14.0. The Labute approximate surface area is 235 Å². The zero-order valence-electron chi connectivity index (χ0n) is 22.4. The number of carbonyl (C=O) groups excluding carboxylic acids is 4. The molecule has 0 spiro atoms. The Morgan fingerprint density at radius 1 is 0.929 bits per heavy atom. The topological polar surface area (TPSA) is 181 Å². The van der Waals surface area contributed by atoms with E-state index in [1.165, 1.54) is 45.2 Å². The number of fused-ring (bicyclic) bond motifs is 7. The van der Waals surface area contributed by atoms with Gasteiger partial charge in [0, 0.05) is 22.9 Å². The second-order valence-electron chi connectivity index (χ2n) is 10.9. The number of ketones is 2. The highest BCUT2D eigenvalue weighted by atomic mass is 16.6. The van der Waals surface area contributed by atoms with Gasteiger partial charge >= 0.3 is 5.97 Å². The molecule has 2 atom stereocenters. The van der Waals surface area contributed by atoms with E-state index in [4.69, 9.17) is 13.9 Å². The molecule has 0 bridgehead atoms. The molecule has 0 saturated carbocycles. The molecule has 0 unspecified atom stereocenters. The van der Waals surface area contributed by atoms with Crippen molar-refractivity contribution >= 4 is 45.2 Å². The van der Waals surface area contributed by atoms with Crippen LogP contribution in [-0.4, -0.2) is 68.6 Å². The largest absolute Gasteiger partial charge is 0.506 e. The van der Waals surface area contributed by atoms with Gasteiger partial charge in [0.1, 0.15) is 22.3 Å². The van der Waals surface area contributed by atoms with Crippen molar-refractivity contribution in [2.75, 3.05) is 13.7 Å². The lowest BCUT2D eigenvalue weighted by atomic mass is 9.80. The van der Waals surface area contributed by atoms with Crippen molar-refractivity contribution < 1.29 is 48.4 Å². The number of methoxy groups -OCH3 is 1. The highest BCUT2D eigenvalue weighted by Crippen LogP contribution is 2.48. The minimum Gasteiger partial charge on any atom is -0.506 e. The maximum Gasteiger partial charge on any atom is 0.336 e. The van der Waals surface area contributed by atoms with Crippen molar-refractivity contribution in [2.24, 2.45) is 0 Å². The van der Waals surface area contributed by atoms with E-state index in [2.05, 4.69) is 0 Å². The molecule has 12 heteroatoms. The Kier molecular flexibility index (Phi) is 4.87. The van der Waals surface area contributed by atoms with Gasteiger partial charge in [-0.15, -0.1) is 0 Å². The van der Waals surface area contributed by atoms with Crippen LogP contribution in [0, 0.1) is 0 Å². The summed E-state index contributed by atoms with van der Waals surface area (Å²) in [5.41, 5.74) is -5.32. The molecular formula is C30H21NO11. The number of phenolic OH excluding ortho intramolecular Hbond substituents is 2. The first-order chi connectivity index (χ1) is 19.9. The van der Waals surface area contributed by atoms with Gasteiger partial charge in [-0.05, 0) is 49.1 Å². The first-order valence-electron chi connectivity index (χ1n) is 12.8. The summed E-state index contributed by atoms with van der Waals surface area (Å²) in [7, 11) is 1.28. The molecule has 12 nitrogen and oxygen atoms in total. The molecular weight excluding hydrogens is 550 g/mol. The number of aliphatic hydroxyl groups is 1. The van der Waals surface area contributed by atoms with Crippen molar-refractivity contribution in [3.63, 3.8) is 0 Å². The van der Waals surface area contributed by atoms with Gasteiger partial charge in [-0.2, -0.15) is 0 Å². The predicted molar refractivity (Wildman–Crippen MR) is 143 cm³/mol. The van der Waals surface area contributed by atoms with E-state index in [1.54, 1.807) is 6.07 Å². The van der Waals surface area contributed by atoms with E-state index < -0.39 is 69.6 Å². The van der Waals surface area contributed by atoms with Gasteiger partial charge in [0.15, 0.2) is 28.5 Å². The van der Waals surface area contributed by atoms with E-state index >= 15 is 0 Å². The molecule has 1 saturated heterocycles. The van der Waals surface area contributed by atoms with Gasteiger partial charge in [-0.3, -0.25) is 24.1 Å². The average molecular weight is 571 g/mol. The van der Waals surface area contributed by atoms with Crippen molar-refractivity contribution in [1.82, 2.24) is 4.90 Å². The zero-order valence-corrected chi connectivity index (χ0v) is 22.4. The van der Waals surface area contributed by atoms with Gasteiger partial charge in [0.2, 0.25) is 17.0 Å². The minimum atomic E-state index is -1.73. The van der Waals surface area contributed by atoms with E-state index in [-0.39, 0.29) is 50.6 Å². The summed E-state index contributed by atoms with van der Waals surface area (Å²) in [4.78, 5) is 68.8. The Morgan fingerprint density at radius 3 is 2.36 bits per heavy atom. The van der Waals surface area contributed by atoms with Crippen LogP contribution in [0.5, 0.6) is 17.2 Å². The number of carbonyl (C=O) groups is 4. The lowest BCUT2D eigenvalue weighted by Crippen LogP contribution is -2.60. The molecule has 3 aromatic carbocycles. The van der Waals surface area contributed by atoms with E-state index in [0.717, 1.165) is 4.90 Å². The molecule has 7 rings (SSSR count). The molecule has 3 aliphatic rings. The molecule has 0 radical (unpaired) electrons. The number of aromatic hydroxyl groups is 2. The van der Waals surface area contributed by atoms with Crippen LogP contribution in [0.25, 0.3) is 21.7 Å². The average Bonchev–Trinajstić information content (AvgIpc) is 3.15. The number of hydrogen-bond donors (Lipinski definition) is 3. The third-order valence-electron chi connectivity index (χ3n) is 8.44. The second kappa shape index (κ2) is 7.95. The summed E-state index contributed by atoms with van der Waals surface area (Å²) >= 11 is 0. The number of ether oxygens (including phenoxy) is 2. The summed E-state index contributed by atoms with van der Waals surface area (Å²) in [5, 5.41) is 32.0. The van der Waals surface area contributed by atoms with Crippen LogP contribution in [0.15, 0.2) is 39.5 Å². The Balaban J connectivity index is 1.50. The molecule has 1 fully saturated rings. The highest BCUT2D eigenvalue weighted by Gasteiger charge is 2.63. The molecule has 212 valence electrons. The Morgan fingerprint density at radius 2 is 1.67 bits per heavy atom. The number of hydrogen-bond acceptors (Lipinski definition) is 11. The van der Waals surface area contributed by atoms with Gasteiger partial charge in [0.25, 0.3) is 5.91 Å². The normalized spacial score (nSPS) is 22.6. The number of benzene rings is 3. The van der Waals surface area contributed by atoms with Crippen molar-refractivity contribution in [3.8, 4) is 17.2 Å². The summed E-state index contributed by atoms with van der Waals surface area (Å²) in [5.74, 6) is -5.18. The highest BCUT2D eigenvalue weighted by molar-refractivity contribution is 6.32. The molecule has 2 aliphatic heterocycles. The summed E-state index contributed by atoms with van der Waals surface area (Å²) in [6.07, 6.45) is -0.0254. The number of phenols is 2. The standard InChI is InChI=1S/C30H21NO11/c1-29(10-32)28(39)42-30(2)9-12-8-11-4-5-13-18(16(11)23(35)17(12)27(38)31(29)30)24(36)20-25(37)19-14(41-26(20)21(13)33)6-7-15(40-3)22(19)34/h4-8,32,34-35H,9-10H2,1-3H3/t29-,30+/m0/s1. The molecule has 3 heterocycles. The maximum absolute atomic E-state index is 14.0. The fourth-order valence-corrected chi connectivity index (χ4v) is 6.48. The molecule has 1 aromatic heterocycles. The Bertz CT molecular complexity index is 2080. The van der Waals surface area contributed by atoms with Gasteiger partial charge < -0.3 is 29.2 Å². The predicted octanol–water partition coefficient (Wildman–Crippen LogP) is 2.16. The van der Waals surface area contributed by atoms with Crippen LogP contribution in [0.2, 0.25) is 0 Å². The van der Waals surface area contributed by atoms with Crippen LogP contribution in [0.4, 0.5) is 0 Å². The summed E-state index contributed by atoms with van der Waals surface area (Å²) in [6.45, 7) is 2.13. The fraction of sp³-hybridized carbons (Fsp3) is 0.233. The van der Waals surface area contributed by atoms with Crippen molar-refractivity contribution in [2.45, 2.75) is 31.5 Å². The first kappa shape index (κ1) is 25.7. The number of aliphatic hydroxyl groups excluding tert-OH is 1. The number of esters is 1. The molecule has 42 heavy (non-hydrogen) atoms. The van der Waals surface area contributed by atoms with Crippen LogP contribution in [-0.2, 0) is 16.0 Å².